The molecule has 0 radical (unpaired) electrons. The van der Waals surface area contributed by atoms with E-state index in [0.29, 0.717) is 12.3 Å². The van der Waals surface area contributed by atoms with E-state index in [1.165, 1.54) is 0 Å². The van der Waals surface area contributed by atoms with Gasteiger partial charge in [-0.3, -0.25) is 0 Å². The van der Waals surface area contributed by atoms with Gasteiger partial charge in [-0.25, -0.2) is 0 Å². The molecule has 0 aliphatic rings. The predicted octanol–water partition coefficient (Wildman–Crippen LogP) is 4.68. The second kappa shape index (κ2) is 5.40. The lowest BCUT2D eigenvalue weighted by Gasteiger charge is -2.09. The molecule has 0 bridgehead atoms. The fraction of sp³-hybridized carbons (Fsp3) is 0.0625. The molecule has 0 unspecified atom stereocenters. The van der Waals surface area contributed by atoms with E-state index in [0.717, 1.165) is 26.7 Å². The summed E-state index contributed by atoms with van der Waals surface area (Å²) in [5.41, 5.74) is 1.04. The summed E-state index contributed by atoms with van der Waals surface area (Å²) in [7, 11) is 0. The van der Waals surface area contributed by atoms with Crippen molar-refractivity contribution >= 4 is 32.4 Å². The Labute approximate surface area is 125 Å². The van der Waals surface area contributed by atoms with Crippen LogP contribution < -0.4 is 5.32 Å². The van der Waals surface area contributed by atoms with Gasteiger partial charge in [0.1, 0.15) is 11.8 Å². The molecule has 1 aromatic heterocycles. The van der Waals surface area contributed by atoms with Gasteiger partial charge in [0.05, 0.1) is 6.54 Å². The highest BCUT2D eigenvalue weighted by Crippen LogP contribution is 2.30. The lowest BCUT2D eigenvalue weighted by Crippen LogP contribution is -1.98. The van der Waals surface area contributed by atoms with Gasteiger partial charge in [0.2, 0.25) is 5.76 Å². The number of furan rings is 1. The van der Waals surface area contributed by atoms with E-state index in [1.807, 2.05) is 36.4 Å². The summed E-state index contributed by atoms with van der Waals surface area (Å²) >= 11 is 3.56. The van der Waals surface area contributed by atoms with Crippen molar-refractivity contribution in [2.75, 3.05) is 5.32 Å². The quantitative estimate of drug-likeness (QED) is 0.760. The van der Waals surface area contributed by atoms with Crippen LogP contribution in [0.1, 0.15) is 11.5 Å². The molecular formula is C16H11BrN2O. The summed E-state index contributed by atoms with van der Waals surface area (Å²) < 4.78 is 6.43. The highest BCUT2D eigenvalue weighted by atomic mass is 79.9. The Bertz CT molecular complexity index is 802. The zero-order valence-corrected chi connectivity index (χ0v) is 12.1. The van der Waals surface area contributed by atoms with Gasteiger partial charge >= 0.3 is 0 Å². The van der Waals surface area contributed by atoms with Crippen molar-refractivity contribution < 1.29 is 4.42 Å². The minimum absolute atomic E-state index is 0.336. The molecule has 98 valence electrons. The maximum atomic E-state index is 8.74. The SMILES string of the molecule is N#Cc1ccc(CNc2ccc(Br)c3ccccc23)o1. The van der Waals surface area contributed by atoms with Crippen molar-refractivity contribution in [3.05, 3.63) is 64.5 Å². The molecule has 1 heterocycles. The lowest BCUT2D eigenvalue weighted by molar-refractivity contribution is 0.506. The van der Waals surface area contributed by atoms with Crippen molar-refractivity contribution in [1.29, 1.82) is 5.26 Å². The summed E-state index contributed by atoms with van der Waals surface area (Å²) in [5.74, 6) is 1.08. The molecule has 20 heavy (non-hydrogen) atoms. The molecule has 2 aromatic carbocycles. The molecule has 0 atom stereocenters. The second-order valence-corrected chi connectivity index (χ2v) is 5.23. The number of halogens is 1. The Morgan fingerprint density at radius 1 is 1.05 bits per heavy atom. The van der Waals surface area contributed by atoms with Crippen LogP contribution in [0.4, 0.5) is 5.69 Å². The van der Waals surface area contributed by atoms with Gasteiger partial charge < -0.3 is 9.73 Å². The van der Waals surface area contributed by atoms with E-state index in [1.54, 1.807) is 6.07 Å². The number of hydrogen-bond acceptors (Lipinski definition) is 3. The molecule has 3 aromatic rings. The van der Waals surface area contributed by atoms with E-state index >= 15 is 0 Å². The number of benzene rings is 2. The summed E-state index contributed by atoms with van der Waals surface area (Å²) in [6.07, 6.45) is 0. The first-order chi connectivity index (χ1) is 9.78. The molecule has 4 heteroatoms. The Balaban J connectivity index is 1.88. The van der Waals surface area contributed by atoms with Crippen LogP contribution in [0.5, 0.6) is 0 Å². The number of anilines is 1. The number of nitrogens with one attached hydrogen (secondary N) is 1. The van der Waals surface area contributed by atoms with Gasteiger partial charge in [-0.2, -0.15) is 5.26 Å². The minimum atomic E-state index is 0.336. The van der Waals surface area contributed by atoms with E-state index in [-0.39, 0.29) is 0 Å². The molecule has 1 N–H and O–H groups in total. The molecular weight excluding hydrogens is 316 g/mol. The molecule has 0 saturated carbocycles. The third-order valence-electron chi connectivity index (χ3n) is 3.10. The van der Waals surface area contributed by atoms with Gasteiger partial charge in [-0.1, -0.05) is 40.2 Å². The molecule has 0 aliphatic heterocycles. The van der Waals surface area contributed by atoms with Crippen molar-refractivity contribution in [3.63, 3.8) is 0 Å². The number of fused-ring (bicyclic) bond motifs is 1. The Hall–Kier alpha value is -2.25. The summed E-state index contributed by atoms with van der Waals surface area (Å²) in [5, 5.41) is 14.4. The monoisotopic (exact) mass is 326 g/mol. The van der Waals surface area contributed by atoms with Crippen molar-refractivity contribution in [2.24, 2.45) is 0 Å². The number of rotatable bonds is 3. The lowest BCUT2D eigenvalue weighted by atomic mass is 10.1. The van der Waals surface area contributed by atoms with Crippen LogP contribution in [0.3, 0.4) is 0 Å². The minimum Gasteiger partial charge on any atom is -0.449 e. The van der Waals surface area contributed by atoms with Crippen LogP contribution in [0.25, 0.3) is 10.8 Å². The standard InChI is InChI=1S/C16H11BrN2O/c17-15-7-8-16(14-4-2-1-3-13(14)15)19-10-12-6-5-11(9-18)20-12/h1-8,19H,10H2. The molecule has 0 saturated heterocycles. The normalized spacial score (nSPS) is 10.4. The molecule has 0 amide bonds. The molecule has 3 nitrogen and oxygen atoms in total. The Morgan fingerprint density at radius 3 is 2.60 bits per heavy atom. The summed E-state index contributed by atoms with van der Waals surface area (Å²) in [4.78, 5) is 0. The van der Waals surface area contributed by atoms with E-state index in [2.05, 4.69) is 33.4 Å². The maximum Gasteiger partial charge on any atom is 0.203 e. The molecule has 0 fully saturated rings. The predicted molar refractivity (Wildman–Crippen MR) is 82.4 cm³/mol. The van der Waals surface area contributed by atoms with Crippen LogP contribution in [-0.2, 0) is 6.54 Å². The fourth-order valence-electron chi connectivity index (χ4n) is 2.13. The highest BCUT2D eigenvalue weighted by Gasteiger charge is 2.05. The number of nitriles is 1. The largest absolute Gasteiger partial charge is 0.449 e. The van der Waals surface area contributed by atoms with E-state index < -0.39 is 0 Å². The Kier molecular flexibility index (Phi) is 3.44. The van der Waals surface area contributed by atoms with Crippen LogP contribution >= 0.6 is 15.9 Å². The molecule has 3 rings (SSSR count). The van der Waals surface area contributed by atoms with Gasteiger partial charge in [0.25, 0.3) is 0 Å². The number of nitrogens with zero attached hydrogens (tertiary/aromatic N) is 1. The molecule has 0 spiro atoms. The van der Waals surface area contributed by atoms with Crippen molar-refractivity contribution in [2.45, 2.75) is 6.54 Å². The average Bonchev–Trinajstić information content (AvgIpc) is 2.95. The summed E-state index contributed by atoms with van der Waals surface area (Å²) in [6.45, 7) is 0.549. The van der Waals surface area contributed by atoms with Crippen LogP contribution in [0.15, 0.2) is 57.4 Å². The highest BCUT2D eigenvalue weighted by molar-refractivity contribution is 9.10. The van der Waals surface area contributed by atoms with Gasteiger partial charge in [0.15, 0.2) is 0 Å². The van der Waals surface area contributed by atoms with E-state index in [4.69, 9.17) is 9.68 Å². The first-order valence-corrected chi connectivity index (χ1v) is 6.97. The first kappa shape index (κ1) is 12.8. The first-order valence-electron chi connectivity index (χ1n) is 6.18. The molecule has 0 aliphatic carbocycles. The second-order valence-electron chi connectivity index (χ2n) is 4.37. The average molecular weight is 327 g/mol. The van der Waals surface area contributed by atoms with E-state index in [9.17, 15) is 0 Å². The Morgan fingerprint density at radius 2 is 1.85 bits per heavy atom. The van der Waals surface area contributed by atoms with Gasteiger partial charge in [-0.15, -0.1) is 0 Å². The van der Waals surface area contributed by atoms with Gasteiger partial charge in [-0.05, 0) is 29.7 Å². The van der Waals surface area contributed by atoms with Crippen molar-refractivity contribution in [1.82, 2.24) is 0 Å². The van der Waals surface area contributed by atoms with Crippen LogP contribution in [-0.4, -0.2) is 0 Å². The maximum absolute atomic E-state index is 8.74. The number of hydrogen-bond donors (Lipinski definition) is 1. The zero-order chi connectivity index (χ0) is 13.9. The zero-order valence-electron chi connectivity index (χ0n) is 10.6. The van der Waals surface area contributed by atoms with Crippen molar-refractivity contribution in [3.8, 4) is 6.07 Å². The smallest absolute Gasteiger partial charge is 0.203 e. The fourth-order valence-corrected chi connectivity index (χ4v) is 2.61. The van der Waals surface area contributed by atoms with Crippen LogP contribution in [0, 0.1) is 11.3 Å². The topological polar surface area (TPSA) is 49.0 Å². The van der Waals surface area contributed by atoms with Crippen LogP contribution in [0.2, 0.25) is 0 Å². The van der Waals surface area contributed by atoms with Gasteiger partial charge in [0, 0.05) is 15.5 Å². The third-order valence-corrected chi connectivity index (χ3v) is 3.79. The summed E-state index contributed by atoms with van der Waals surface area (Å²) in [6, 6.07) is 17.7. The third kappa shape index (κ3) is 2.40.